The average Bonchev–Trinajstić information content (AvgIpc) is 1.97. The van der Waals surface area contributed by atoms with E-state index in [1.807, 2.05) is 6.92 Å². The lowest BCUT2D eigenvalue weighted by atomic mass is 10.2. The zero-order chi connectivity index (χ0) is 8.43. The minimum absolute atomic E-state index is 0.523. The van der Waals surface area contributed by atoms with Crippen molar-refractivity contribution in [3.05, 3.63) is 31.9 Å². The van der Waals surface area contributed by atoms with E-state index in [9.17, 15) is 4.79 Å². The maximum Gasteiger partial charge on any atom is 0.151 e. The molecule has 1 aromatic carbocycles. The van der Waals surface area contributed by atoms with E-state index in [1.165, 1.54) is 0 Å². The number of carbonyl (C=O) groups excluding carboxylic acids is 1. The first-order chi connectivity index (χ1) is 5.15. The zero-order valence-corrected chi connectivity index (χ0v) is 8.81. The third kappa shape index (κ3) is 1.93. The Morgan fingerprint density at radius 2 is 2.18 bits per heavy atom. The van der Waals surface area contributed by atoms with Crippen molar-refractivity contribution in [1.82, 2.24) is 0 Å². The third-order valence-corrected chi connectivity index (χ3v) is 2.89. The highest BCUT2D eigenvalue weighted by atomic mass is 127. The Morgan fingerprint density at radius 3 is 2.73 bits per heavy atom. The molecule has 1 aromatic rings. The summed E-state index contributed by atoms with van der Waals surface area (Å²) in [7, 11) is 0. The minimum atomic E-state index is 0.523. The molecule has 0 aliphatic carbocycles. The topological polar surface area (TPSA) is 17.1 Å². The van der Waals surface area contributed by atoms with Gasteiger partial charge in [-0.1, -0.05) is 11.6 Å². The summed E-state index contributed by atoms with van der Waals surface area (Å²) in [6.45, 7) is 1.95. The van der Waals surface area contributed by atoms with Crippen LogP contribution in [0, 0.1) is 10.5 Å². The number of halogens is 2. The van der Waals surface area contributed by atoms with Crippen LogP contribution in [0.3, 0.4) is 0 Å². The maximum absolute atomic E-state index is 10.4. The molecule has 0 fully saturated rings. The fourth-order valence-electron chi connectivity index (χ4n) is 0.770. The van der Waals surface area contributed by atoms with Gasteiger partial charge in [0.25, 0.3) is 0 Å². The van der Waals surface area contributed by atoms with Gasteiger partial charge in [0.05, 0.1) is 5.02 Å². The Labute approximate surface area is 83.9 Å². The molecule has 0 amide bonds. The van der Waals surface area contributed by atoms with E-state index >= 15 is 0 Å². The Bertz CT molecular complexity index is 296. The van der Waals surface area contributed by atoms with Gasteiger partial charge in [-0.2, -0.15) is 0 Å². The number of benzene rings is 1. The number of aldehydes is 1. The summed E-state index contributed by atoms with van der Waals surface area (Å²) in [5, 5.41) is 0.523. The quantitative estimate of drug-likeness (QED) is 0.571. The van der Waals surface area contributed by atoms with Crippen LogP contribution in [0.25, 0.3) is 0 Å². The van der Waals surface area contributed by atoms with Crippen LogP contribution in [0.15, 0.2) is 12.1 Å². The molecular formula is C8H6ClIO. The van der Waals surface area contributed by atoms with Gasteiger partial charge in [-0.3, -0.25) is 4.79 Å². The summed E-state index contributed by atoms with van der Waals surface area (Å²) in [6.07, 6.45) is 0.769. The summed E-state index contributed by atoms with van der Waals surface area (Å²) >= 11 is 7.95. The fraction of sp³-hybridized carbons (Fsp3) is 0.125. The normalized spacial score (nSPS) is 9.73. The summed E-state index contributed by atoms with van der Waals surface area (Å²) in [5.41, 5.74) is 1.64. The number of hydrogen-bond donors (Lipinski definition) is 0. The first kappa shape index (κ1) is 9.00. The molecule has 0 heterocycles. The van der Waals surface area contributed by atoms with Gasteiger partial charge in [0, 0.05) is 9.13 Å². The smallest absolute Gasteiger partial charge is 0.151 e. The first-order valence-electron chi connectivity index (χ1n) is 3.06. The lowest BCUT2D eigenvalue weighted by Gasteiger charge is -2.00. The Morgan fingerprint density at radius 1 is 1.55 bits per heavy atom. The molecular weight excluding hydrogens is 274 g/mol. The van der Waals surface area contributed by atoms with E-state index in [0.29, 0.717) is 10.6 Å². The lowest BCUT2D eigenvalue weighted by Crippen LogP contribution is -1.86. The standard InChI is InChI=1S/C8H6ClIO/c1-5-2-6(4-11)7(9)3-8(5)10/h2-4H,1H3. The molecule has 0 aliphatic rings. The summed E-state index contributed by atoms with van der Waals surface area (Å²) < 4.78 is 1.08. The van der Waals surface area contributed by atoms with Crippen molar-refractivity contribution < 1.29 is 4.79 Å². The van der Waals surface area contributed by atoms with Crippen LogP contribution in [-0.4, -0.2) is 6.29 Å². The summed E-state index contributed by atoms with van der Waals surface area (Å²) in [4.78, 5) is 10.4. The summed E-state index contributed by atoms with van der Waals surface area (Å²) in [5.74, 6) is 0. The van der Waals surface area contributed by atoms with Crippen LogP contribution >= 0.6 is 34.2 Å². The molecule has 0 atom stereocenters. The maximum atomic E-state index is 10.4. The van der Waals surface area contributed by atoms with E-state index in [2.05, 4.69) is 22.6 Å². The number of aryl methyl sites for hydroxylation is 1. The molecule has 11 heavy (non-hydrogen) atoms. The third-order valence-electron chi connectivity index (χ3n) is 1.40. The largest absolute Gasteiger partial charge is 0.298 e. The van der Waals surface area contributed by atoms with Gasteiger partial charge in [-0.25, -0.2) is 0 Å². The van der Waals surface area contributed by atoms with Crippen molar-refractivity contribution in [3.8, 4) is 0 Å². The molecule has 1 rings (SSSR count). The molecule has 1 nitrogen and oxygen atoms in total. The molecule has 0 unspecified atom stereocenters. The Kier molecular flexibility index (Phi) is 2.90. The van der Waals surface area contributed by atoms with Gasteiger partial charge in [0.1, 0.15) is 0 Å². The van der Waals surface area contributed by atoms with Gasteiger partial charge in [-0.05, 0) is 47.2 Å². The van der Waals surface area contributed by atoms with Gasteiger partial charge < -0.3 is 0 Å². The molecule has 3 heteroatoms. The van der Waals surface area contributed by atoms with Crippen molar-refractivity contribution in [2.24, 2.45) is 0 Å². The fourth-order valence-corrected chi connectivity index (χ4v) is 1.63. The average molecular weight is 280 g/mol. The van der Waals surface area contributed by atoms with Crippen LogP contribution in [0.5, 0.6) is 0 Å². The number of carbonyl (C=O) groups is 1. The SMILES string of the molecule is Cc1cc(C=O)c(Cl)cc1I. The highest BCUT2D eigenvalue weighted by Gasteiger charge is 2.01. The molecule has 0 aliphatic heterocycles. The molecule has 0 saturated heterocycles. The number of hydrogen-bond acceptors (Lipinski definition) is 1. The molecule has 0 radical (unpaired) electrons. The molecule has 0 aromatic heterocycles. The van der Waals surface area contributed by atoms with Crippen molar-refractivity contribution in [3.63, 3.8) is 0 Å². The van der Waals surface area contributed by atoms with E-state index in [4.69, 9.17) is 11.6 Å². The van der Waals surface area contributed by atoms with Crippen LogP contribution in [0.1, 0.15) is 15.9 Å². The summed E-state index contributed by atoms with van der Waals surface area (Å²) in [6, 6.07) is 3.58. The van der Waals surface area contributed by atoms with Crippen LogP contribution in [0.2, 0.25) is 5.02 Å². The lowest BCUT2D eigenvalue weighted by molar-refractivity contribution is 0.112. The van der Waals surface area contributed by atoms with Gasteiger partial charge in [-0.15, -0.1) is 0 Å². The van der Waals surface area contributed by atoms with Crippen LogP contribution < -0.4 is 0 Å². The monoisotopic (exact) mass is 280 g/mol. The Balaban J connectivity index is 3.31. The second-order valence-corrected chi connectivity index (χ2v) is 3.81. The highest BCUT2D eigenvalue weighted by Crippen LogP contribution is 2.20. The Hall–Kier alpha value is -0.0900. The van der Waals surface area contributed by atoms with Gasteiger partial charge >= 0.3 is 0 Å². The van der Waals surface area contributed by atoms with Gasteiger partial charge in [0.15, 0.2) is 6.29 Å². The van der Waals surface area contributed by atoms with Crippen molar-refractivity contribution >= 4 is 40.5 Å². The first-order valence-corrected chi connectivity index (χ1v) is 4.51. The van der Waals surface area contributed by atoms with E-state index < -0.39 is 0 Å². The predicted octanol–water partition coefficient (Wildman–Crippen LogP) is 3.07. The molecule has 0 bridgehead atoms. The zero-order valence-electron chi connectivity index (χ0n) is 5.90. The number of rotatable bonds is 1. The van der Waals surface area contributed by atoms with E-state index in [1.54, 1.807) is 12.1 Å². The van der Waals surface area contributed by atoms with E-state index in [0.717, 1.165) is 15.4 Å². The predicted molar refractivity (Wildman–Crippen MR) is 54.3 cm³/mol. The van der Waals surface area contributed by atoms with Crippen LogP contribution in [-0.2, 0) is 0 Å². The van der Waals surface area contributed by atoms with Gasteiger partial charge in [0.2, 0.25) is 0 Å². The highest BCUT2D eigenvalue weighted by molar-refractivity contribution is 14.1. The van der Waals surface area contributed by atoms with Crippen molar-refractivity contribution in [2.75, 3.05) is 0 Å². The van der Waals surface area contributed by atoms with Crippen molar-refractivity contribution in [2.45, 2.75) is 6.92 Å². The van der Waals surface area contributed by atoms with Crippen molar-refractivity contribution in [1.29, 1.82) is 0 Å². The molecule has 0 N–H and O–H groups in total. The molecule has 58 valence electrons. The molecule has 0 saturated carbocycles. The van der Waals surface area contributed by atoms with Crippen LogP contribution in [0.4, 0.5) is 0 Å². The minimum Gasteiger partial charge on any atom is -0.298 e. The second-order valence-electron chi connectivity index (χ2n) is 2.24. The molecule has 0 spiro atoms. The second kappa shape index (κ2) is 3.54. The van der Waals surface area contributed by atoms with E-state index in [-0.39, 0.29) is 0 Å².